The standard InChI is InChI=1S/C18H14N2O3S3/c1-11-3-6-13(7-4-11)25-15-8-5-12(9-14(15)20(22)23)10-16-17(21)19(2)18(24)26-16/h3-10H,1-2H3/b16-10+. The predicted octanol–water partition coefficient (Wildman–Crippen LogP) is 4.89. The molecule has 0 bridgehead atoms. The minimum absolute atomic E-state index is 0.0105. The molecule has 0 atom stereocenters. The van der Waals surface area contributed by atoms with Crippen molar-refractivity contribution in [2.75, 3.05) is 7.05 Å². The van der Waals surface area contributed by atoms with Gasteiger partial charge in [-0.1, -0.05) is 59.5 Å². The van der Waals surface area contributed by atoms with Gasteiger partial charge in [0.05, 0.1) is 14.7 Å². The molecule has 1 saturated heterocycles. The number of carbonyl (C=O) groups excluding carboxylic acids is 1. The van der Waals surface area contributed by atoms with Crippen LogP contribution in [0, 0.1) is 17.0 Å². The van der Waals surface area contributed by atoms with Gasteiger partial charge in [-0.15, -0.1) is 0 Å². The van der Waals surface area contributed by atoms with E-state index in [2.05, 4.69) is 0 Å². The average molecular weight is 403 g/mol. The van der Waals surface area contributed by atoms with Crippen molar-refractivity contribution in [3.05, 3.63) is 68.6 Å². The maximum absolute atomic E-state index is 12.1. The molecule has 1 fully saturated rings. The normalized spacial score (nSPS) is 15.8. The summed E-state index contributed by atoms with van der Waals surface area (Å²) in [5, 5.41) is 11.5. The molecular formula is C18H14N2O3S3. The first-order valence-corrected chi connectivity index (χ1v) is 9.64. The summed E-state index contributed by atoms with van der Waals surface area (Å²) in [4.78, 5) is 26.5. The van der Waals surface area contributed by atoms with Crippen LogP contribution in [0.3, 0.4) is 0 Å². The highest BCUT2D eigenvalue weighted by atomic mass is 32.2. The number of likely N-dealkylation sites (N-methyl/N-ethyl adjacent to an activating group) is 1. The van der Waals surface area contributed by atoms with Crippen LogP contribution in [0.2, 0.25) is 0 Å². The van der Waals surface area contributed by atoms with Crippen molar-refractivity contribution < 1.29 is 9.72 Å². The summed E-state index contributed by atoms with van der Waals surface area (Å²) in [6, 6.07) is 12.8. The number of rotatable bonds is 4. The number of thiocarbonyl (C=S) groups is 1. The first kappa shape index (κ1) is 18.6. The molecule has 2 aromatic carbocycles. The smallest absolute Gasteiger partial charge is 0.283 e. The fourth-order valence-corrected chi connectivity index (χ4v) is 4.36. The maximum atomic E-state index is 12.1. The quantitative estimate of drug-likeness (QED) is 0.314. The van der Waals surface area contributed by atoms with Crippen LogP contribution >= 0.6 is 35.7 Å². The molecule has 0 saturated carbocycles. The van der Waals surface area contributed by atoms with E-state index in [1.165, 1.54) is 34.5 Å². The topological polar surface area (TPSA) is 63.5 Å². The second kappa shape index (κ2) is 7.61. The summed E-state index contributed by atoms with van der Waals surface area (Å²) in [6.45, 7) is 1.99. The van der Waals surface area contributed by atoms with Gasteiger partial charge < -0.3 is 0 Å². The Bertz CT molecular complexity index is 939. The number of thioether (sulfide) groups is 1. The Morgan fingerprint density at radius 3 is 2.50 bits per heavy atom. The van der Waals surface area contributed by atoms with E-state index in [-0.39, 0.29) is 11.6 Å². The van der Waals surface area contributed by atoms with E-state index in [0.29, 0.717) is 19.7 Å². The molecule has 1 aliphatic heterocycles. The third-order valence-corrected chi connectivity index (χ3v) is 6.27. The van der Waals surface area contributed by atoms with Gasteiger partial charge in [0.25, 0.3) is 11.6 Å². The lowest BCUT2D eigenvalue weighted by molar-refractivity contribution is -0.387. The maximum Gasteiger partial charge on any atom is 0.283 e. The van der Waals surface area contributed by atoms with Gasteiger partial charge in [-0.05, 0) is 36.8 Å². The van der Waals surface area contributed by atoms with Crippen molar-refractivity contribution in [1.29, 1.82) is 0 Å². The fourth-order valence-electron chi connectivity index (χ4n) is 2.28. The molecule has 0 spiro atoms. The van der Waals surface area contributed by atoms with Crippen molar-refractivity contribution in [3.8, 4) is 0 Å². The summed E-state index contributed by atoms with van der Waals surface area (Å²) >= 11 is 7.63. The van der Waals surface area contributed by atoms with Crippen LogP contribution in [0.5, 0.6) is 0 Å². The van der Waals surface area contributed by atoms with Gasteiger partial charge in [0.2, 0.25) is 0 Å². The van der Waals surface area contributed by atoms with Gasteiger partial charge in [-0.2, -0.15) is 0 Å². The number of nitro groups is 1. The monoisotopic (exact) mass is 402 g/mol. The Labute approximate surface area is 164 Å². The molecule has 1 aliphatic rings. The molecule has 0 aliphatic carbocycles. The number of nitrogens with zero attached hydrogens (tertiary/aromatic N) is 2. The molecular weight excluding hydrogens is 388 g/mol. The van der Waals surface area contributed by atoms with Gasteiger partial charge in [-0.3, -0.25) is 19.8 Å². The highest BCUT2D eigenvalue weighted by Crippen LogP contribution is 2.37. The molecule has 0 N–H and O–H groups in total. The van der Waals surface area contributed by atoms with Crippen molar-refractivity contribution in [1.82, 2.24) is 4.90 Å². The molecule has 26 heavy (non-hydrogen) atoms. The molecule has 8 heteroatoms. The number of nitro benzene ring substituents is 1. The van der Waals surface area contributed by atoms with Crippen molar-refractivity contribution in [3.63, 3.8) is 0 Å². The third-order valence-electron chi connectivity index (χ3n) is 3.71. The summed E-state index contributed by atoms with van der Waals surface area (Å²) in [7, 11) is 1.61. The molecule has 1 amide bonds. The zero-order chi connectivity index (χ0) is 18.8. The van der Waals surface area contributed by atoms with Crippen molar-refractivity contribution in [2.45, 2.75) is 16.7 Å². The lowest BCUT2D eigenvalue weighted by atomic mass is 10.2. The van der Waals surface area contributed by atoms with E-state index >= 15 is 0 Å². The molecule has 0 aromatic heterocycles. The average Bonchev–Trinajstić information content (AvgIpc) is 2.85. The first-order chi connectivity index (χ1) is 12.3. The molecule has 2 aromatic rings. The van der Waals surface area contributed by atoms with Crippen LogP contribution in [0.1, 0.15) is 11.1 Å². The number of carbonyl (C=O) groups is 1. The Morgan fingerprint density at radius 2 is 1.92 bits per heavy atom. The second-order valence-corrected chi connectivity index (χ2v) is 8.43. The van der Waals surface area contributed by atoms with E-state index in [4.69, 9.17) is 12.2 Å². The minimum atomic E-state index is -0.404. The molecule has 0 radical (unpaired) electrons. The number of hydrogen-bond acceptors (Lipinski definition) is 6. The van der Waals surface area contributed by atoms with Crippen LogP contribution in [-0.4, -0.2) is 27.1 Å². The van der Waals surface area contributed by atoms with Crippen LogP contribution < -0.4 is 0 Å². The zero-order valence-electron chi connectivity index (χ0n) is 14.0. The van der Waals surface area contributed by atoms with E-state index < -0.39 is 4.92 Å². The summed E-state index contributed by atoms with van der Waals surface area (Å²) in [5.41, 5.74) is 1.74. The third kappa shape index (κ3) is 3.98. The fraction of sp³-hybridized carbons (Fsp3) is 0.111. The van der Waals surface area contributed by atoms with Crippen molar-refractivity contribution >= 4 is 57.7 Å². The molecule has 0 unspecified atom stereocenters. The summed E-state index contributed by atoms with van der Waals surface area (Å²) < 4.78 is 0.474. The number of amides is 1. The molecule has 5 nitrogen and oxygen atoms in total. The highest BCUT2D eigenvalue weighted by Gasteiger charge is 2.28. The first-order valence-electron chi connectivity index (χ1n) is 7.59. The van der Waals surface area contributed by atoms with Crippen LogP contribution in [0.15, 0.2) is 57.2 Å². The number of aryl methyl sites for hydroxylation is 1. The van der Waals surface area contributed by atoms with Crippen LogP contribution in [0.25, 0.3) is 6.08 Å². The van der Waals surface area contributed by atoms with Crippen LogP contribution in [-0.2, 0) is 4.79 Å². The Kier molecular flexibility index (Phi) is 5.45. The van der Waals surface area contributed by atoms with E-state index in [1.807, 2.05) is 31.2 Å². The summed E-state index contributed by atoms with van der Waals surface area (Å²) in [6.07, 6.45) is 1.64. The van der Waals surface area contributed by atoms with Gasteiger partial charge >= 0.3 is 0 Å². The number of hydrogen-bond donors (Lipinski definition) is 0. The zero-order valence-corrected chi connectivity index (χ0v) is 16.4. The number of benzene rings is 2. The molecule has 132 valence electrons. The molecule has 1 heterocycles. The predicted molar refractivity (Wildman–Crippen MR) is 109 cm³/mol. The minimum Gasteiger partial charge on any atom is -0.296 e. The van der Waals surface area contributed by atoms with E-state index in [0.717, 1.165) is 10.5 Å². The van der Waals surface area contributed by atoms with Gasteiger partial charge in [0.1, 0.15) is 4.32 Å². The largest absolute Gasteiger partial charge is 0.296 e. The highest BCUT2D eigenvalue weighted by molar-refractivity contribution is 8.26. The van der Waals surface area contributed by atoms with Gasteiger partial charge in [0, 0.05) is 18.0 Å². The SMILES string of the molecule is Cc1ccc(Sc2ccc(/C=C3/SC(=S)N(C)C3=O)cc2[N+](=O)[O-])cc1. The Hall–Kier alpha value is -2.16. The lowest BCUT2D eigenvalue weighted by Gasteiger charge is -2.05. The van der Waals surface area contributed by atoms with E-state index in [9.17, 15) is 14.9 Å². The van der Waals surface area contributed by atoms with Crippen LogP contribution in [0.4, 0.5) is 5.69 Å². The summed E-state index contributed by atoms with van der Waals surface area (Å²) in [5.74, 6) is -0.194. The van der Waals surface area contributed by atoms with Gasteiger partial charge in [0.15, 0.2) is 0 Å². The van der Waals surface area contributed by atoms with Gasteiger partial charge in [-0.25, -0.2) is 0 Å². The lowest BCUT2D eigenvalue weighted by Crippen LogP contribution is -2.22. The molecule has 3 rings (SSSR count). The van der Waals surface area contributed by atoms with E-state index in [1.54, 1.807) is 25.3 Å². The van der Waals surface area contributed by atoms with Crippen molar-refractivity contribution in [2.24, 2.45) is 0 Å². The Morgan fingerprint density at radius 1 is 1.23 bits per heavy atom. The Balaban J connectivity index is 1.92. The second-order valence-electron chi connectivity index (χ2n) is 5.64.